The summed E-state index contributed by atoms with van der Waals surface area (Å²) in [5.41, 5.74) is 0.537. The third-order valence-corrected chi connectivity index (χ3v) is 4.43. The highest BCUT2D eigenvalue weighted by atomic mass is 16.6. The van der Waals surface area contributed by atoms with E-state index in [1.54, 1.807) is 24.1 Å². The van der Waals surface area contributed by atoms with Crippen LogP contribution in [-0.2, 0) is 4.74 Å². The average Bonchev–Trinajstić information content (AvgIpc) is 3.17. The summed E-state index contributed by atoms with van der Waals surface area (Å²) in [4.78, 5) is 41.7. The Hall–Kier alpha value is -3.29. The quantitative estimate of drug-likeness (QED) is 0.456. The van der Waals surface area contributed by atoms with E-state index in [0.717, 1.165) is 24.6 Å². The van der Waals surface area contributed by atoms with Crippen molar-refractivity contribution in [3.63, 3.8) is 0 Å². The molecule has 3 rings (SSSR count). The number of hydrogen-bond donors (Lipinski definition) is 0. The Balaban J connectivity index is 1.95. The number of aromatic nitrogens is 1. The molecule has 1 saturated heterocycles. The highest BCUT2D eigenvalue weighted by molar-refractivity contribution is 5.99. The Kier molecular flexibility index (Phi) is 5.44. The Morgan fingerprint density at radius 2 is 2.07 bits per heavy atom. The molecule has 0 N–H and O–H groups in total. The Labute approximate surface area is 155 Å². The molecule has 0 saturated carbocycles. The van der Waals surface area contributed by atoms with Crippen molar-refractivity contribution in [3.05, 3.63) is 69.5 Å². The van der Waals surface area contributed by atoms with Gasteiger partial charge in [-0.15, -0.1) is 0 Å². The number of esters is 1. The minimum atomic E-state index is -0.696. The lowest BCUT2D eigenvalue weighted by atomic mass is 10.1. The molecule has 8 nitrogen and oxygen atoms in total. The number of likely N-dealkylation sites (tertiary alicyclic amines) is 1. The van der Waals surface area contributed by atoms with Crippen LogP contribution in [0.2, 0.25) is 0 Å². The van der Waals surface area contributed by atoms with Gasteiger partial charge in [0.1, 0.15) is 0 Å². The largest absolute Gasteiger partial charge is 0.462 e. The lowest BCUT2D eigenvalue weighted by molar-refractivity contribution is -0.384. The van der Waals surface area contributed by atoms with E-state index in [1.165, 1.54) is 12.1 Å². The molecule has 1 unspecified atom stereocenters. The molecule has 2 aromatic rings. The van der Waals surface area contributed by atoms with Crippen LogP contribution in [0, 0.1) is 10.1 Å². The van der Waals surface area contributed by atoms with E-state index in [1.807, 2.05) is 12.1 Å². The van der Waals surface area contributed by atoms with Crippen molar-refractivity contribution in [2.75, 3.05) is 13.2 Å². The first-order valence-corrected chi connectivity index (χ1v) is 8.69. The summed E-state index contributed by atoms with van der Waals surface area (Å²) in [6.45, 7) is 2.30. The third kappa shape index (κ3) is 3.94. The van der Waals surface area contributed by atoms with Crippen LogP contribution in [0.5, 0.6) is 0 Å². The maximum atomic E-state index is 13.1. The van der Waals surface area contributed by atoms with Gasteiger partial charge in [-0.3, -0.25) is 19.9 Å². The molecule has 1 aromatic heterocycles. The van der Waals surface area contributed by atoms with E-state index in [2.05, 4.69) is 4.98 Å². The number of carbonyl (C=O) groups excluding carboxylic acids is 2. The Bertz CT molecular complexity index is 869. The smallest absolute Gasteiger partial charge is 0.338 e. The third-order valence-electron chi connectivity index (χ3n) is 4.43. The van der Waals surface area contributed by atoms with Crippen molar-refractivity contribution in [2.45, 2.75) is 25.8 Å². The summed E-state index contributed by atoms with van der Waals surface area (Å²) < 4.78 is 4.92. The molecule has 1 aliphatic heterocycles. The number of hydrogen-bond acceptors (Lipinski definition) is 6. The highest BCUT2D eigenvalue weighted by Crippen LogP contribution is 2.32. The molecule has 140 valence electrons. The van der Waals surface area contributed by atoms with Crippen LogP contribution < -0.4 is 0 Å². The van der Waals surface area contributed by atoms with Crippen molar-refractivity contribution in [2.24, 2.45) is 0 Å². The number of nitro benzene ring substituents is 1. The predicted octanol–water partition coefficient (Wildman–Crippen LogP) is 3.14. The van der Waals surface area contributed by atoms with Crippen molar-refractivity contribution in [1.29, 1.82) is 0 Å². The summed E-state index contributed by atoms with van der Waals surface area (Å²) in [5, 5.41) is 11.2. The van der Waals surface area contributed by atoms with Gasteiger partial charge in [0.15, 0.2) is 0 Å². The highest BCUT2D eigenvalue weighted by Gasteiger charge is 2.32. The van der Waals surface area contributed by atoms with Crippen LogP contribution in [0.25, 0.3) is 0 Å². The van der Waals surface area contributed by atoms with Gasteiger partial charge < -0.3 is 9.64 Å². The number of rotatable bonds is 5. The summed E-state index contributed by atoms with van der Waals surface area (Å²) in [6.07, 6.45) is 3.25. The van der Waals surface area contributed by atoms with Crippen molar-refractivity contribution in [1.82, 2.24) is 9.88 Å². The van der Waals surface area contributed by atoms with Crippen molar-refractivity contribution in [3.8, 4) is 0 Å². The number of amides is 1. The van der Waals surface area contributed by atoms with Crippen LogP contribution in [0.1, 0.15) is 52.2 Å². The number of carbonyl (C=O) groups is 2. The predicted molar refractivity (Wildman–Crippen MR) is 96.3 cm³/mol. The van der Waals surface area contributed by atoms with Gasteiger partial charge in [0.25, 0.3) is 11.6 Å². The van der Waals surface area contributed by atoms with E-state index >= 15 is 0 Å². The number of ether oxygens (including phenoxy) is 1. The number of pyridine rings is 1. The fraction of sp³-hybridized carbons (Fsp3) is 0.316. The van der Waals surface area contributed by atoms with E-state index in [0.29, 0.717) is 6.54 Å². The zero-order valence-electron chi connectivity index (χ0n) is 14.8. The van der Waals surface area contributed by atoms with Gasteiger partial charge in [0.05, 0.1) is 28.8 Å². The molecule has 1 atom stereocenters. The minimum absolute atomic E-state index is 0.0111. The average molecular weight is 369 g/mol. The molecule has 1 fully saturated rings. The summed E-state index contributed by atoms with van der Waals surface area (Å²) in [6, 6.07) is 8.98. The Morgan fingerprint density at radius 1 is 1.30 bits per heavy atom. The standard InChI is InChI=1S/C19H19N3O5/c1-2-27-19(24)14-10-13(11-15(12-14)22(25)26)18(23)21-9-5-7-17(21)16-6-3-4-8-20-16/h3-4,6,8,10-12,17H,2,5,7,9H2,1H3. The van der Waals surface area contributed by atoms with Gasteiger partial charge in [-0.25, -0.2) is 4.79 Å². The van der Waals surface area contributed by atoms with Gasteiger partial charge in [-0.1, -0.05) is 6.07 Å². The second-order valence-electron chi connectivity index (χ2n) is 6.16. The molecule has 0 spiro atoms. The molecule has 0 radical (unpaired) electrons. The minimum Gasteiger partial charge on any atom is -0.462 e. The van der Waals surface area contributed by atoms with Crippen molar-refractivity contribution < 1.29 is 19.2 Å². The molecule has 0 aliphatic carbocycles. The number of nitro groups is 1. The van der Waals surface area contributed by atoms with E-state index in [9.17, 15) is 19.7 Å². The Morgan fingerprint density at radius 3 is 2.74 bits per heavy atom. The first-order valence-electron chi connectivity index (χ1n) is 8.69. The lowest BCUT2D eigenvalue weighted by Crippen LogP contribution is -2.31. The van der Waals surface area contributed by atoms with Crippen molar-refractivity contribution >= 4 is 17.6 Å². The number of non-ortho nitro benzene ring substituents is 1. The zero-order valence-corrected chi connectivity index (χ0v) is 14.8. The van der Waals surface area contributed by atoms with Crippen LogP contribution >= 0.6 is 0 Å². The van der Waals surface area contributed by atoms with Gasteiger partial charge in [-0.05, 0) is 38.0 Å². The molecule has 2 heterocycles. The first-order chi connectivity index (χ1) is 13.0. The lowest BCUT2D eigenvalue weighted by Gasteiger charge is -2.24. The summed E-state index contributed by atoms with van der Waals surface area (Å²) >= 11 is 0. The maximum Gasteiger partial charge on any atom is 0.338 e. The van der Waals surface area contributed by atoms with E-state index < -0.39 is 10.9 Å². The van der Waals surface area contributed by atoms with Gasteiger partial charge in [0.2, 0.25) is 0 Å². The second-order valence-corrected chi connectivity index (χ2v) is 6.16. The van der Waals surface area contributed by atoms with Gasteiger partial charge in [0, 0.05) is 30.4 Å². The maximum absolute atomic E-state index is 13.1. The van der Waals surface area contributed by atoms with E-state index in [-0.39, 0.29) is 35.4 Å². The molecular formula is C19H19N3O5. The van der Waals surface area contributed by atoms with E-state index in [4.69, 9.17) is 4.74 Å². The van der Waals surface area contributed by atoms with Gasteiger partial charge >= 0.3 is 5.97 Å². The molecule has 8 heteroatoms. The van der Waals surface area contributed by atoms with Gasteiger partial charge in [-0.2, -0.15) is 0 Å². The van der Waals surface area contributed by atoms with Crippen LogP contribution in [0.15, 0.2) is 42.6 Å². The normalized spacial score (nSPS) is 16.2. The molecule has 1 aliphatic rings. The molecule has 1 amide bonds. The topological polar surface area (TPSA) is 103 Å². The number of nitrogens with zero attached hydrogens (tertiary/aromatic N) is 3. The van der Waals surface area contributed by atoms with Crippen LogP contribution in [0.4, 0.5) is 5.69 Å². The first kappa shape index (κ1) is 18.5. The summed E-state index contributed by atoms with van der Waals surface area (Å²) in [7, 11) is 0. The summed E-state index contributed by atoms with van der Waals surface area (Å²) in [5.74, 6) is -1.06. The molecule has 0 bridgehead atoms. The van der Waals surface area contributed by atoms with Crippen LogP contribution in [0.3, 0.4) is 0 Å². The molecular weight excluding hydrogens is 350 g/mol. The monoisotopic (exact) mass is 369 g/mol. The molecule has 27 heavy (non-hydrogen) atoms. The fourth-order valence-corrected chi connectivity index (χ4v) is 3.23. The second kappa shape index (κ2) is 7.94. The SMILES string of the molecule is CCOC(=O)c1cc(C(=O)N2CCCC2c2ccccn2)cc([N+](=O)[O-])c1. The number of benzene rings is 1. The molecule has 1 aromatic carbocycles. The fourth-order valence-electron chi connectivity index (χ4n) is 3.23. The van der Waals surface area contributed by atoms with Crippen LogP contribution in [-0.4, -0.2) is 39.8 Å². The zero-order chi connectivity index (χ0) is 19.4.